The monoisotopic (exact) mass is 436 g/mol. The van der Waals surface area contributed by atoms with Crippen LogP contribution in [0.25, 0.3) is 0 Å². The Hall–Kier alpha value is -1.98. The molecule has 10 heteroatoms. The first-order chi connectivity index (χ1) is 14.5. The quantitative estimate of drug-likeness (QED) is 0.130. The minimum absolute atomic E-state index is 0.192. The lowest BCUT2D eigenvalue weighted by Gasteiger charge is -2.06. The molecule has 0 rings (SSSR count). The van der Waals surface area contributed by atoms with Gasteiger partial charge in [0.1, 0.15) is 13.2 Å². The number of carboxylic acids is 1. The summed E-state index contributed by atoms with van der Waals surface area (Å²) in [6.07, 6.45) is 1.12. The first kappa shape index (κ1) is 30.2. The number of carbonyl (C=O) groups is 2. The third-order valence-electron chi connectivity index (χ3n) is 2.91. The maximum absolute atomic E-state index is 10.6. The molecule has 0 aliphatic heterocycles. The summed E-state index contributed by atoms with van der Waals surface area (Å²) < 4.78 is 35.0. The molecule has 0 radical (unpaired) electrons. The molecule has 0 bridgehead atoms. The van der Waals surface area contributed by atoms with E-state index >= 15 is 0 Å². The molecule has 0 saturated carbocycles. The summed E-state index contributed by atoms with van der Waals surface area (Å²) in [5, 5.41) is 8.37. The molecule has 0 amide bonds. The SMILES string of the molecule is C=C(OCCOCCOCC)C(=O)O.C=CC(=O)OCCOCCOCCOCC. The van der Waals surface area contributed by atoms with Gasteiger partial charge in [0.05, 0.1) is 52.9 Å². The molecule has 0 aliphatic rings. The van der Waals surface area contributed by atoms with E-state index in [9.17, 15) is 9.59 Å². The fourth-order valence-electron chi connectivity index (χ4n) is 1.49. The van der Waals surface area contributed by atoms with Crippen LogP contribution in [0.2, 0.25) is 0 Å². The molecule has 176 valence electrons. The number of hydrogen-bond acceptors (Lipinski definition) is 9. The van der Waals surface area contributed by atoms with Crippen molar-refractivity contribution in [2.24, 2.45) is 0 Å². The van der Waals surface area contributed by atoms with Crippen LogP contribution in [0.15, 0.2) is 25.0 Å². The van der Waals surface area contributed by atoms with E-state index in [1.807, 2.05) is 13.8 Å². The zero-order valence-electron chi connectivity index (χ0n) is 18.1. The van der Waals surface area contributed by atoms with Crippen LogP contribution in [0.3, 0.4) is 0 Å². The van der Waals surface area contributed by atoms with E-state index in [0.717, 1.165) is 6.08 Å². The van der Waals surface area contributed by atoms with Gasteiger partial charge < -0.3 is 38.3 Å². The van der Waals surface area contributed by atoms with E-state index in [0.29, 0.717) is 66.1 Å². The molecule has 0 atom stereocenters. The second-order valence-electron chi connectivity index (χ2n) is 5.18. The summed E-state index contributed by atoms with van der Waals surface area (Å²) in [7, 11) is 0. The van der Waals surface area contributed by atoms with Gasteiger partial charge in [-0.25, -0.2) is 9.59 Å². The lowest BCUT2D eigenvalue weighted by molar-refractivity contribution is -0.139. The molecule has 0 saturated heterocycles. The minimum Gasteiger partial charge on any atom is -0.485 e. The van der Waals surface area contributed by atoms with Gasteiger partial charge in [-0.3, -0.25) is 0 Å². The number of carbonyl (C=O) groups excluding carboxylic acids is 1. The van der Waals surface area contributed by atoms with Gasteiger partial charge in [0.15, 0.2) is 5.76 Å². The Balaban J connectivity index is 0. The van der Waals surface area contributed by atoms with Crippen molar-refractivity contribution < 1.29 is 47.9 Å². The fourth-order valence-corrected chi connectivity index (χ4v) is 1.49. The third-order valence-corrected chi connectivity index (χ3v) is 2.91. The van der Waals surface area contributed by atoms with Crippen LogP contribution in [-0.2, 0) is 42.7 Å². The number of carboxylic acid groups (broad SMARTS) is 1. The van der Waals surface area contributed by atoms with Crippen LogP contribution in [-0.4, -0.2) is 96.3 Å². The van der Waals surface area contributed by atoms with Gasteiger partial charge in [-0.05, 0) is 20.4 Å². The Bertz CT molecular complexity index is 439. The van der Waals surface area contributed by atoms with Crippen LogP contribution in [0, 0.1) is 0 Å². The van der Waals surface area contributed by atoms with Gasteiger partial charge in [0.2, 0.25) is 0 Å². The first-order valence-electron chi connectivity index (χ1n) is 9.72. The second kappa shape index (κ2) is 25.1. The topological polar surface area (TPSA) is 119 Å². The van der Waals surface area contributed by atoms with Gasteiger partial charge in [0.25, 0.3) is 0 Å². The number of hydrogen-bond donors (Lipinski definition) is 1. The van der Waals surface area contributed by atoms with Crippen molar-refractivity contribution in [1.82, 2.24) is 0 Å². The maximum Gasteiger partial charge on any atom is 0.370 e. The highest BCUT2D eigenvalue weighted by molar-refractivity contribution is 5.83. The Labute approximate surface area is 178 Å². The molecule has 0 spiro atoms. The van der Waals surface area contributed by atoms with Crippen LogP contribution >= 0.6 is 0 Å². The lowest BCUT2D eigenvalue weighted by atomic mass is 10.6. The molecular formula is C20H36O10. The van der Waals surface area contributed by atoms with E-state index < -0.39 is 11.9 Å². The fraction of sp³-hybridized carbons (Fsp3) is 0.700. The number of rotatable bonds is 20. The second-order valence-corrected chi connectivity index (χ2v) is 5.18. The highest BCUT2D eigenvalue weighted by Crippen LogP contribution is 1.92. The van der Waals surface area contributed by atoms with Crippen molar-refractivity contribution in [1.29, 1.82) is 0 Å². The summed E-state index contributed by atoms with van der Waals surface area (Å²) >= 11 is 0. The first-order valence-corrected chi connectivity index (χ1v) is 9.72. The van der Waals surface area contributed by atoms with Crippen LogP contribution < -0.4 is 0 Å². The van der Waals surface area contributed by atoms with E-state index in [1.165, 1.54) is 0 Å². The maximum atomic E-state index is 10.6. The average Bonchev–Trinajstić information content (AvgIpc) is 2.74. The predicted octanol–water partition coefficient (Wildman–Crippen LogP) is 1.44. The van der Waals surface area contributed by atoms with E-state index in [1.54, 1.807) is 0 Å². The summed E-state index contributed by atoms with van der Waals surface area (Å²) in [6, 6.07) is 0. The van der Waals surface area contributed by atoms with E-state index in [2.05, 4.69) is 13.2 Å². The number of esters is 1. The number of aliphatic carboxylic acids is 1. The number of ether oxygens (including phenoxy) is 7. The van der Waals surface area contributed by atoms with Crippen molar-refractivity contribution in [2.75, 3.05) is 79.3 Å². The molecule has 0 aliphatic carbocycles. The molecule has 0 fully saturated rings. The molecule has 0 aromatic carbocycles. The zero-order valence-corrected chi connectivity index (χ0v) is 18.1. The van der Waals surface area contributed by atoms with E-state index in [4.69, 9.17) is 38.3 Å². The standard InChI is InChI=1S/C11H20O5.C9H16O5/c1-3-11(12)16-10-9-15-8-7-14-6-5-13-4-2;1-3-12-4-5-13-6-7-14-8(2)9(10)11/h3H,1,4-10H2,2H3;2-7H2,1H3,(H,10,11). The molecule has 10 nitrogen and oxygen atoms in total. The Kier molecular flexibility index (Phi) is 25.2. The Morgan fingerprint density at radius 3 is 1.43 bits per heavy atom. The summed E-state index contributed by atoms with van der Waals surface area (Å²) in [5.41, 5.74) is 0. The average molecular weight is 436 g/mol. The molecule has 0 aromatic rings. The normalized spacial score (nSPS) is 9.93. The van der Waals surface area contributed by atoms with Crippen molar-refractivity contribution >= 4 is 11.9 Å². The van der Waals surface area contributed by atoms with Crippen molar-refractivity contribution in [2.45, 2.75) is 13.8 Å². The summed E-state index contributed by atoms with van der Waals surface area (Å²) in [6.45, 7) is 16.0. The highest BCUT2D eigenvalue weighted by atomic mass is 16.6. The van der Waals surface area contributed by atoms with Crippen LogP contribution in [0.4, 0.5) is 0 Å². The van der Waals surface area contributed by atoms with Gasteiger partial charge in [-0.1, -0.05) is 6.58 Å². The molecule has 0 unspecified atom stereocenters. The van der Waals surface area contributed by atoms with Gasteiger partial charge in [-0.15, -0.1) is 0 Å². The predicted molar refractivity (Wildman–Crippen MR) is 109 cm³/mol. The Morgan fingerprint density at radius 1 is 0.700 bits per heavy atom. The van der Waals surface area contributed by atoms with E-state index in [-0.39, 0.29) is 19.0 Å². The molecular weight excluding hydrogens is 400 g/mol. The summed E-state index contributed by atoms with van der Waals surface area (Å²) in [5.74, 6) is -1.85. The van der Waals surface area contributed by atoms with Crippen LogP contribution in [0.5, 0.6) is 0 Å². The summed E-state index contributed by atoms with van der Waals surface area (Å²) in [4.78, 5) is 20.8. The minimum atomic E-state index is -1.15. The van der Waals surface area contributed by atoms with Crippen molar-refractivity contribution in [3.8, 4) is 0 Å². The van der Waals surface area contributed by atoms with Gasteiger partial charge >= 0.3 is 11.9 Å². The van der Waals surface area contributed by atoms with Crippen LogP contribution in [0.1, 0.15) is 13.8 Å². The van der Waals surface area contributed by atoms with Crippen molar-refractivity contribution in [3.63, 3.8) is 0 Å². The molecule has 0 heterocycles. The highest BCUT2D eigenvalue weighted by Gasteiger charge is 2.03. The molecule has 1 N–H and O–H groups in total. The van der Waals surface area contributed by atoms with Gasteiger partial charge in [0, 0.05) is 19.3 Å². The third kappa shape index (κ3) is 26.0. The molecule has 30 heavy (non-hydrogen) atoms. The Morgan fingerprint density at radius 2 is 1.07 bits per heavy atom. The lowest BCUT2D eigenvalue weighted by Crippen LogP contribution is -2.13. The smallest absolute Gasteiger partial charge is 0.370 e. The zero-order chi connectivity index (χ0) is 22.9. The van der Waals surface area contributed by atoms with Crippen molar-refractivity contribution in [3.05, 3.63) is 25.0 Å². The van der Waals surface area contributed by atoms with Gasteiger partial charge in [-0.2, -0.15) is 0 Å². The largest absolute Gasteiger partial charge is 0.485 e. The molecule has 0 aromatic heterocycles.